The van der Waals surface area contributed by atoms with Crippen molar-refractivity contribution < 1.29 is 8.78 Å². The summed E-state index contributed by atoms with van der Waals surface area (Å²) in [5, 5.41) is 1.22. The highest BCUT2D eigenvalue weighted by atomic mass is 127. The van der Waals surface area contributed by atoms with E-state index in [9.17, 15) is 8.78 Å². The number of hydrogen-bond acceptors (Lipinski definition) is 2. The molecule has 0 nitrogen and oxygen atoms in total. The lowest BCUT2D eigenvalue weighted by Crippen LogP contribution is -2.00. The van der Waals surface area contributed by atoms with Crippen molar-refractivity contribution in [2.45, 2.75) is 14.6 Å². The Bertz CT molecular complexity index is 857. The highest BCUT2D eigenvalue weighted by molar-refractivity contribution is 14.1. The van der Waals surface area contributed by atoms with Gasteiger partial charge in [-0.15, -0.1) is 23.1 Å². The summed E-state index contributed by atoms with van der Waals surface area (Å²) in [5.74, 6) is -0.971. The summed E-state index contributed by atoms with van der Waals surface area (Å²) in [5.41, 5.74) is 1.40. The summed E-state index contributed by atoms with van der Waals surface area (Å²) in [6.45, 7) is 0. The molecule has 1 unspecified atom stereocenters. The quantitative estimate of drug-likeness (QED) is 0.298. The highest BCUT2D eigenvalue weighted by Gasteiger charge is 2.28. The number of benzene rings is 2. The molecule has 0 saturated carbocycles. The van der Waals surface area contributed by atoms with Crippen LogP contribution in [0, 0.1) is 11.6 Å². The molecule has 0 fully saturated rings. The summed E-state index contributed by atoms with van der Waals surface area (Å²) in [6.07, 6.45) is 0. The fourth-order valence-corrected chi connectivity index (χ4v) is 6.76. The third kappa shape index (κ3) is 2.12. The standard InChI is InChI=1S/C16H9F2IS2/c17-11-6-5-8-10(13(11)18)7-20-15-9-3-1-2-4-12(9)21-16(15)14(8)19/h1-6,14H,7H2. The van der Waals surface area contributed by atoms with Crippen molar-refractivity contribution >= 4 is 55.8 Å². The van der Waals surface area contributed by atoms with Crippen LogP contribution in [0.2, 0.25) is 0 Å². The molecule has 1 aliphatic rings. The van der Waals surface area contributed by atoms with E-state index < -0.39 is 11.6 Å². The zero-order valence-electron chi connectivity index (χ0n) is 10.7. The van der Waals surface area contributed by atoms with Crippen molar-refractivity contribution in [2.24, 2.45) is 0 Å². The topological polar surface area (TPSA) is 0 Å². The molecule has 5 heteroatoms. The average Bonchev–Trinajstić information content (AvgIpc) is 2.80. The van der Waals surface area contributed by atoms with Gasteiger partial charge in [0.05, 0.1) is 3.92 Å². The van der Waals surface area contributed by atoms with Gasteiger partial charge in [-0.3, -0.25) is 0 Å². The van der Waals surface area contributed by atoms with Crippen LogP contribution < -0.4 is 0 Å². The van der Waals surface area contributed by atoms with Crippen molar-refractivity contribution in [3.8, 4) is 0 Å². The van der Waals surface area contributed by atoms with Gasteiger partial charge in [-0.25, -0.2) is 8.78 Å². The third-order valence-corrected chi connectivity index (χ3v) is 7.91. The van der Waals surface area contributed by atoms with E-state index in [0.29, 0.717) is 11.3 Å². The van der Waals surface area contributed by atoms with E-state index >= 15 is 0 Å². The maximum Gasteiger partial charge on any atom is 0.163 e. The Kier molecular flexibility index (Phi) is 3.46. The normalized spacial score (nSPS) is 17.4. The van der Waals surface area contributed by atoms with Crippen molar-refractivity contribution in [1.82, 2.24) is 0 Å². The van der Waals surface area contributed by atoms with Gasteiger partial charge in [0, 0.05) is 31.2 Å². The predicted molar refractivity (Wildman–Crippen MR) is 93.6 cm³/mol. The fraction of sp³-hybridized carbons (Fsp3) is 0.125. The van der Waals surface area contributed by atoms with E-state index in [1.54, 1.807) is 29.2 Å². The minimum Gasteiger partial charge on any atom is -0.204 e. The first kappa shape index (κ1) is 14.0. The maximum absolute atomic E-state index is 14.1. The lowest BCUT2D eigenvalue weighted by atomic mass is 10.0. The summed E-state index contributed by atoms with van der Waals surface area (Å²) in [7, 11) is 0. The molecule has 0 aliphatic carbocycles. The number of fused-ring (bicyclic) bond motifs is 4. The number of thiophene rings is 1. The Hall–Kier alpha value is -0.660. The molecule has 0 spiro atoms. The minimum absolute atomic E-state index is 0.0649. The van der Waals surface area contributed by atoms with Crippen LogP contribution in [0.3, 0.4) is 0 Å². The molecule has 21 heavy (non-hydrogen) atoms. The number of hydrogen-bond donors (Lipinski definition) is 0. The van der Waals surface area contributed by atoms with Crippen LogP contribution >= 0.6 is 45.7 Å². The van der Waals surface area contributed by atoms with Crippen molar-refractivity contribution in [1.29, 1.82) is 0 Å². The summed E-state index contributed by atoms with van der Waals surface area (Å²) >= 11 is 5.70. The van der Waals surface area contributed by atoms with Crippen LogP contribution in [-0.2, 0) is 5.75 Å². The van der Waals surface area contributed by atoms with Crippen LogP contribution in [0.1, 0.15) is 19.9 Å². The zero-order chi connectivity index (χ0) is 14.6. The Labute approximate surface area is 142 Å². The molecule has 0 bridgehead atoms. The first-order valence-electron chi connectivity index (χ1n) is 6.42. The smallest absolute Gasteiger partial charge is 0.163 e. The van der Waals surface area contributed by atoms with Crippen molar-refractivity contribution in [2.75, 3.05) is 0 Å². The second kappa shape index (κ2) is 5.21. The number of alkyl halides is 1. The molecule has 1 aliphatic heterocycles. The van der Waals surface area contributed by atoms with Gasteiger partial charge < -0.3 is 0 Å². The molecule has 0 radical (unpaired) electrons. The molecular formula is C16H9F2IS2. The highest BCUT2D eigenvalue weighted by Crippen LogP contribution is 2.51. The third-order valence-electron chi connectivity index (χ3n) is 3.67. The zero-order valence-corrected chi connectivity index (χ0v) is 14.5. The minimum atomic E-state index is -0.756. The van der Waals surface area contributed by atoms with Gasteiger partial charge >= 0.3 is 0 Å². The molecule has 4 rings (SSSR count). The van der Waals surface area contributed by atoms with Gasteiger partial charge in [0.2, 0.25) is 0 Å². The summed E-state index contributed by atoms with van der Waals surface area (Å²) < 4.78 is 28.9. The number of rotatable bonds is 0. The van der Waals surface area contributed by atoms with Gasteiger partial charge in [0.25, 0.3) is 0 Å². The Morgan fingerprint density at radius 2 is 1.90 bits per heavy atom. The lowest BCUT2D eigenvalue weighted by Gasteiger charge is -2.12. The van der Waals surface area contributed by atoms with Crippen LogP contribution in [0.4, 0.5) is 8.78 Å². The molecule has 2 heterocycles. The van der Waals surface area contributed by atoms with Crippen LogP contribution in [0.15, 0.2) is 41.3 Å². The fourth-order valence-electron chi connectivity index (χ4n) is 2.63. The molecule has 0 amide bonds. The summed E-state index contributed by atoms with van der Waals surface area (Å²) in [4.78, 5) is 2.46. The van der Waals surface area contributed by atoms with E-state index in [1.807, 2.05) is 12.1 Å². The Morgan fingerprint density at radius 3 is 2.76 bits per heavy atom. The van der Waals surface area contributed by atoms with Crippen LogP contribution in [0.25, 0.3) is 10.1 Å². The second-order valence-corrected chi connectivity index (χ2v) is 8.19. The Morgan fingerprint density at radius 1 is 1.10 bits per heavy atom. The van der Waals surface area contributed by atoms with E-state index in [0.717, 1.165) is 5.56 Å². The molecule has 0 N–H and O–H groups in total. The predicted octanol–water partition coefficient (Wildman–Crippen LogP) is 6.31. The molecule has 2 aromatic carbocycles. The lowest BCUT2D eigenvalue weighted by molar-refractivity contribution is 0.501. The second-order valence-electron chi connectivity index (χ2n) is 4.87. The van der Waals surface area contributed by atoms with Crippen molar-refractivity contribution in [3.05, 3.63) is 64.0 Å². The van der Waals surface area contributed by atoms with E-state index in [-0.39, 0.29) is 3.92 Å². The SMILES string of the molecule is Fc1ccc2c(c1F)CSc1c(sc3ccccc13)C2I. The van der Waals surface area contributed by atoms with Gasteiger partial charge in [0.15, 0.2) is 11.6 Å². The molecule has 1 aromatic heterocycles. The van der Waals surface area contributed by atoms with Crippen LogP contribution in [0.5, 0.6) is 0 Å². The van der Waals surface area contributed by atoms with E-state index in [1.165, 1.54) is 25.9 Å². The van der Waals surface area contributed by atoms with Gasteiger partial charge in [-0.05, 0) is 17.7 Å². The van der Waals surface area contributed by atoms with Gasteiger partial charge in [0.1, 0.15) is 0 Å². The first-order valence-corrected chi connectivity index (χ1v) is 9.46. The molecular weight excluding hydrogens is 421 g/mol. The largest absolute Gasteiger partial charge is 0.204 e. The first-order chi connectivity index (χ1) is 10.2. The van der Waals surface area contributed by atoms with E-state index in [4.69, 9.17) is 0 Å². The van der Waals surface area contributed by atoms with Gasteiger partial charge in [-0.1, -0.05) is 46.9 Å². The van der Waals surface area contributed by atoms with Crippen molar-refractivity contribution in [3.63, 3.8) is 0 Å². The molecule has 1 atom stereocenters. The molecule has 3 aromatic rings. The molecule has 0 saturated heterocycles. The number of halogens is 3. The number of thioether (sulfide) groups is 1. The Balaban J connectivity index is 1.97. The maximum atomic E-state index is 14.1. The monoisotopic (exact) mass is 430 g/mol. The molecule has 106 valence electrons. The van der Waals surface area contributed by atoms with Gasteiger partial charge in [-0.2, -0.15) is 0 Å². The van der Waals surface area contributed by atoms with E-state index in [2.05, 4.69) is 34.7 Å². The summed E-state index contributed by atoms with van der Waals surface area (Å²) in [6, 6.07) is 11.2. The van der Waals surface area contributed by atoms with Crippen LogP contribution in [-0.4, -0.2) is 0 Å². The average molecular weight is 430 g/mol.